The molecule has 0 fully saturated rings. The highest BCUT2D eigenvalue weighted by molar-refractivity contribution is 6.31. The molecule has 1 aromatic heterocycles. The van der Waals surface area contributed by atoms with Gasteiger partial charge >= 0.3 is 0 Å². The lowest BCUT2D eigenvalue weighted by Crippen LogP contribution is -2.14. The molecule has 0 saturated carbocycles. The normalized spacial score (nSPS) is 10.3. The molecule has 0 aliphatic carbocycles. The van der Waals surface area contributed by atoms with Crippen LogP contribution in [0.15, 0.2) is 65.3 Å². The average Bonchev–Trinajstić information content (AvgIpc) is 3.16. The molecule has 0 atom stereocenters. The van der Waals surface area contributed by atoms with Gasteiger partial charge in [-0.05, 0) is 31.2 Å². The van der Waals surface area contributed by atoms with Gasteiger partial charge in [-0.1, -0.05) is 41.9 Å². The van der Waals surface area contributed by atoms with Gasteiger partial charge in [-0.2, -0.15) is 0 Å². The first-order valence-electron chi connectivity index (χ1n) is 8.62. The maximum atomic E-state index is 6.24. The SMILES string of the molecule is CCOc1cccc(CNCc2ccco2)c1OCc1ccccc1Cl.Cl. The fourth-order valence-electron chi connectivity index (χ4n) is 2.63. The van der Waals surface area contributed by atoms with E-state index in [-0.39, 0.29) is 12.4 Å². The Balaban J connectivity index is 0.00000261. The summed E-state index contributed by atoms with van der Waals surface area (Å²) in [5, 5.41) is 4.06. The molecular weight excluding hydrogens is 385 g/mol. The van der Waals surface area contributed by atoms with E-state index in [0.29, 0.717) is 31.3 Å². The van der Waals surface area contributed by atoms with Gasteiger partial charge in [0.05, 0.1) is 19.4 Å². The van der Waals surface area contributed by atoms with E-state index in [1.54, 1.807) is 6.26 Å². The Bertz CT molecular complexity index is 822. The predicted octanol–water partition coefficient (Wildman–Crippen LogP) is 5.62. The molecule has 0 amide bonds. The highest BCUT2D eigenvalue weighted by Crippen LogP contribution is 2.32. The van der Waals surface area contributed by atoms with Crippen molar-refractivity contribution in [3.05, 3.63) is 82.8 Å². The van der Waals surface area contributed by atoms with Gasteiger partial charge < -0.3 is 19.2 Å². The van der Waals surface area contributed by atoms with Crippen molar-refractivity contribution in [2.75, 3.05) is 6.61 Å². The first-order valence-corrected chi connectivity index (χ1v) is 8.99. The van der Waals surface area contributed by atoms with E-state index < -0.39 is 0 Å². The fourth-order valence-corrected chi connectivity index (χ4v) is 2.82. The van der Waals surface area contributed by atoms with E-state index >= 15 is 0 Å². The fraction of sp³-hybridized carbons (Fsp3) is 0.238. The van der Waals surface area contributed by atoms with Crippen molar-refractivity contribution < 1.29 is 13.9 Å². The summed E-state index contributed by atoms with van der Waals surface area (Å²) in [6, 6.07) is 17.4. The first kappa shape index (κ1) is 21.2. The zero-order valence-corrected chi connectivity index (χ0v) is 16.7. The lowest BCUT2D eigenvalue weighted by Gasteiger charge is -2.17. The molecule has 6 heteroatoms. The summed E-state index contributed by atoms with van der Waals surface area (Å²) in [7, 11) is 0. The molecule has 3 rings (SSSR count). The van der Waals surface area contributed by atoms with Crippen LogP contribution >= 0.6 is 24.0 Å². The first-order chi connectivity index (χ1) is 12.8. The van der Waals surface area contributed by atoms with Crippen LogP contribution in [0.4, 0.5) is 0 Å². The summed E-state index contributed by atoms with van der Waals surface area (Å²) < 4.78 is 17.2. The molecule has 0 unspecified atom stereocenters. The summed E-state index contributed by atoms with van der Waals surface area (Å²) in [5.41, 5.74) is 1.96. The van der Waals surface area contributed by atoms with Gasteiger partial charge in [-0.25, -0.2) is 0 Å². The van der Waals surface area contributed by atoms with Crippen LogP contribution in [0.2, 0.25) is 5.02 Å². The number of nitrogens with one attached hydrogen (secondary N) is 1. The van der Waals surface area contributed by atoms with Gasteiger partial charge in [-0.3, -0.25) is 0 Å². The molecule has 0 aliphatic heterocycles. The molecule has 0 radical (unpaired) electrons. The quantitative estimate of drug-likeness (QED) is 0.499. The minimum atomic E-state index is 0. The van der Waals surface area contributed by atoms with Crippen LogP contribution in [-0.4, -0.2) is 6.61 Å². The molecule has 0 aliphatic rings. The summed E-state index contributed by atoms with van der Waals surface area (Å²) in [4.78, 5) is 0. The molecule has 2 aromatic carbocycles. The van der Waals surface area contributed by atoms with Crippen molar-refractivity contribution in [2.45, 2.75) is 26.6 Å². The Morgan fingerprint density at radius 3 is 2.48 bits per heavy atom. The van der Waals surface area contributed by atoms with E-state index in [0.717, 1.165) is 28.4 Å². The highest BCUT2D eigenvalue weighted by Gasteiger charge is 2.12. The van der Waals surface area contributed by atoms with E-state index in [9.17, 15) is 0 Å². The standard InChI is InChI=1S/C21H22ClNO3.ClH/c1-2-24-20-11-5-8-16(13-23-14-18-9-6-12-25-18)21(20)26-15-17-7-3-4-10-19(17)22;/h3-12,23H,2,13-15H2,1H3;1H. The van der Waals surface area contributed by atoms with Crippen LogP contribution in [0, 0.1) is 0 Å². The second kappa shape index (κ2) is 10.9. The number of hydrogen-bond donors (Lipinski definition) is 1. The lowest BCUT2D eigenvalue weighted by atomic mass is 10.1. The maximum absolute atomic E-state index is 6.24. The molecule has 0 saturated heterocycles. The Hall–Kier alpha value is -2.14. The summed E-state index contributed by atoms with van der Waals surface area (Å²) in [6.07, 6.45) is 1.67. The van der Waals surface area contributed by atoms with E-state index in [1.165, 1.54) is 0 Å². The minimum Gasteiger partial charge on any atom is -0.490 e. The predicted molar refractivity (Wildman–Crippen MR) is 110 cm³/mol. The van der Waals surface area contributed by atoms with Gasteiger partial charge in [-0.15, -0.1) is 12.4 Å². The molecule has 1 heterocycles. The van der Waals surface area contributed by atoms with Crippen molar-refractivity contribution in [3.8, 4) is 11.5 Å². The van der Waals surface area contributed by atoms with E-state index in [1.807, 2.05) is 61.5 Å². The number of benzene rings is 2. The number of ether oxygens (including phenoxy) is 2. The number of rotatable bonds is 9. The average molecular weight is 408 g/mol. The lowest BCUT2D eigenvalue weighted by molar-refractivity contribution is 0.266. The van der Waals surface area contributed by atoms with Crippen LogP contribution < -0.4 is 14.8 Å². The Kier molecular flexibility index (Phi) is 8.52. The summed E-state index contributed by atoms with van der Waals surface area (Å²) >= 11 is 6.24. The van der Waals surface area contributed by atoms with Gasteiger partial charge in [0.15, 0.2) is 11.5 Å². The van der Waals surface area contributed by atoms with Crippen molar-refractivity contribution in [1.29, 1.82) is 0 Å². The Morgan fingerprint density at radius 1 is 0.926 bits per heavy atom. The number of hydrogen-bond acceptors (Lipinski definition) is 4. The molecule has 3 aromatic rings. The van der Waals surface area contributed by atoms with Gasteiger partial charge in [0.25, 0.3) is 0 Å². The van der Waals surface area contributed by atoms with Crippen LogP contribution in [0.5, 0.6) is 11.5 Å². The van der Waals surface area contributed by atoms with E-state index in [2.05, 4.69) is 5.32 Å². The molecule has 0 bridgehead atoms. The number of para-hydroxylation sites is 1. The van der Waals surface area contributed by atoms with Crippen molar-refractivity contribution in [3.63, 3.8) is 0 Å². The number of furan rings is 1. The third kappa shape index (κ3) is 5.93. The summed E-state index contributed by atoms with van der Waals surface area (Å²) in [5.74, 6) is 2.36. The Labute approximate surface area is 170 Å². The zero-order chi connectivity index (χ0) is 18.2. The van der Waals surface area contributed by atoms with Crippen LogP contribution in [0.25, 0.3) is 0 Å². The zero-order valence-electron chi connectivity index (χ0n) is 15.1. The van der Waals surface area contributed by atoms with Crippen LogP contribution in [0.3, 0.4) is 0 Å². The van der Waals surface area contributed by atoms with E-state index in [4.69, 9.17) is 25.5 Å². The second-order valence-electron chi connectivity index (χ2n) is 5.74. The van der Waals surface area contributed by atoms with Crippen LogP contribution in [0.1, 0.15) is 23.8 Å². The monoisotopic (exact) mass is 407 g/mol. The van der Waals surface area contributed by atoms with Crippen molar-refractivity contribution >= 4 is 24.0 Å². The molecule has 1 N–H and O–H groups in total. The Morgan fingerprint density at radius 2 is 1.74 bits per heavy atom. The molecule has 4 nitrogen and oxygen atoms in total. The third-order valence-electron chi connectivity index (χ3n) is 3.88. The largest absolute Gasteiger partial charge is 0.490 e. The topological polar surface area (TPSA) is 43.6 Å². The van der Waals surface area contributed by atoms with Gasteiger partial charge in [0.1, 0.15) is 12.4 Å². The van der Waals surface area contributed by atoms with Crippen molar-refractivity contribution in [2.24, 2.45) is 0 Å². The molecule has 0 spiro atoms. The molecular formula is C21H23Cl2NO3. The highest BCUT2D eigenvalue weighted by atomic mass is 35.5. The maximum Gasteiger partial charge on any atom is 0.166 e. The molecule has 144 valence electrons. The van der Waals surface area contributed by atoms with Crippen molar-refractivity contribution in [1.82, 2.24) is 5.32 Å². The third-order valence-corrected chi connectivity index (χ3v) is 4.25. The summed E-state index contributed by atoms with van der Waals surface area (Å²) in [6.45, 7) is 4.20. The smallest absolute Gasteiger partial charge is 0.166 e. The molecule has 27 heavy (non-hydrogen) atoms. The van der Waals surface area contributed by atoms with Gasteiger partial charge in [0.2, 0.25) is 0 Å². The van der Waals surface area contributed by atoms with Crippen LogP contribution in [-0.2, 0) is 19.7 Å². The minimum absolute atomic E-state index is 0. The number of halogens is 2. The van der Waals surface area contributed by atoms with Gasteiger partial charge in [0, 0.05) is 22.7 Å². The second-order valence-corrected chi connectivity index (χ2v) is 6.15.